The Morgan fingerprint density at radius 2 is 2.10 bits per heavy atom. The van der Waals surface area contributed by atoms with Crippen molar-refractivity contribution < 1.29 is 19.4 Å². The number of aliphatic carboxylic acids is 1. The molecule has 0 radical (unpaired) electrons. The molecule has 1 fully saturated rings. The van der Waals surface area contributed by atoms with E-state index in [1.807, 2.05) is 12.1 Å². The molecule has 5 heteroatoms. The summed E-state index contributed by atoms with van der Waals surface area (Å²) >= 11 is 6.13. The van der Waals surface area contributed by atoms with Crippen molar-refractivity contribution in [3.63, 3.8) is 0 Å². The lowest BCUT2D eigenvalue weighted by Crippen LogP contribution is -2.26. The highest BCUT2D eigenvalue weighted by Crippen LogP contribution is 2.34. The van der Waals surface area contributed by atoms with Gasteiger partial charge in [0, 0.05) is 17.0 Å². The van der Waals surface area contributed by atoms with Crippen LogP contribution in [0.3, 0.4) is 0 Å². The van der Waals surface area contributed by atoms with E-state index in [2.05, 4.69) is 0 Å². The van der Waals surface area contributed by atoms with E-state index >= 15 is 0 Å². The molecule has 0 amide bonds. The molecule has 1 aliphatic heterocycles. The summed E-state index contributed by atoms with van der Waals surface area (Å²) in [5, 5.41) is 9.71. The van der Waals surface area contributed by atoms with Crippen molar-refractivity contribution in [3.05, 3.63) is 28.3 Å². The van der Waals surface area contributed by atoms with Crippen LogP contribution in [0.1, 0.15) is 36.8 Å². The van der Waals surface area contributed by atoms with Gasteiger partial charge in [-0.05, 0) is 43.4 Å². The summed E-state index contributed by atoms with van der Waals surface area (Å²) < 4.78 is 11.6. The molecule has 3 rings (SSSR count). The second-order valence-corrected chi connectivity index (χ2v) is 6.21. The first-order valence-corrected chi connectivity index (χ1v) is 7.80. The molecule has 1 aromatic rings. The molecule has 1 aliphatic carbocycles. The molecule has 4 nitrogen and oxygen atoms in total. The van der Waals surface area contributed by atoms with Crippen LogP contribution in [0.2, 0.25) is 5.02 Å². The fraction of sp³-hybridized carbons (Fsp3) is 0.562. The summed E-state index contributed by atoms with van der Waals surface area (Å²) in [6, 6.07) is 3.85. The quantitative estimate of drug-likeness (QED) is 0.925. The van der Waals surface area contributed by atoms with Gasteiger partial charge in [-0.25, -0.2) is 0 Å². The maximum Gasteiger partial charge on any atom is 0.306 e. The Labute approximate surface area is 129 Å². The van der Waals surface area contributed by atoms with Gasteiger partial charge in [-0.15, -0.1) is 0 Å². The third-order valence-corrected chi connectivity index (χ3v) is 4.54. The minimum Gasteiger partial charge on any atom is -0.493 e. The Balaban J connectivity index is 1.58. The molecule has 0 aromatic heterocycles. The lowest BCUT2D eigenvalue weighted by molar-refractivity contribution is -0.143. The van der Waals surface area contributed by atoms with Crippen LogP contribution in [-0.4, -0.2) is 23.8 Å². The fourth-order valence-electron chi connectivity index (χ4n) is 3.14. The Hall–Kier alpha value is -1.26. The van der Waals surface area contributed by atoms with Crippen molar-refractivity contribution in [2.75, 3.05) is 6.61 Å². The highest BCUT2D eigenvalue weighted by atomic mass is 35.5. The van der Waals surface area contributed by atoms with Gasteiger partial charge in [0.15, 0.2) is 0 Å². The SMILES string of the molecule is O=C(O)C1CCC(OCc2cc(Cl)cc3c2OCC3)CC1. The van der Waals surface area contributed by atoms with E-state index in [1.165, 1.54) is 0 Å². The van der Waals surface area contributed by atoms with Gasteiger partial charge in [0.05, 0.1) is 25.2 Å². The number of hydrogen-bond donors (Lipinski definition) is 1. The van der Waals surface area contributed by atoms with Gasteiger partial charge in [-0.1, -0.05) is 11.6 Å². The monoisotopic (exact) mass is 310 g/mol. The molecular formula is C16H19ClO4. The molecule has 2 aliphatic rings. The van der Waals surface area contributed by atoms with Gasteiger partial charge in [0.1, 0.15) is 5.75 Å². The van der Waals surface area contributed by atoms with Crippen LogP contribution < -0.4 is 4.74 Å². The lowest BCUT2D eigenvalue weighted by Gasteiger charge is -2.26. The summed E-state index contributed by atoms with van der Waals surface area (Å²) in [4.78, 5) is 10.9. The average molecular weight is 311 g/mol. The van der Waals surface area contributed by atoms with E-state index < -0.39 is 5.97 Å². The number of benzene rings is 1. The van der Waals surface area contributed by atoms with E-state index in [1.54, 1.807) is 0 Å². The normalized spacial score (nSPS) is 24.4. The van der Waals surface area contributed by atoms with Gasteiger partial charge < -0.3 is 14.6 Å². The fourth-order valence-corrected chi connectivity index (χ4v) is 3.40. The van der Waals surface area contributed by atoms with E-state index in [0.29, 0.717) is 31.1 Å². The van der Waals surface area contributed by atoms with Crippen LogP contribution in [0, 0.1) is 5.92 Å². The number of rotatable bonds is 4. The maximum atomic E-state index is 10.9. The molecule has 1 heterocycles. The molecule has 1 saturated carbocycles. The van der Waals surface area contributed by atoms with E-state index in [4.69, 9.17) is 26.2 Å². The van der Waals surface area contributed by atoms with Crippen molar-refractivity contribution in [1.82, 2.24) is 0 Å². The molecule has 0 spiro atoms. The number of carboxylic acid groups (broad SMARTS) is 1. The van der Waals surface area contributed by atoms with E-state index in [0.717, 1.165) is 36.1 Å². The van der Waals surface area contributed by atoms with Gasteiger partial charge in [0.2, 0.25) is 0 Å². The Morgan fingerprint density at radius 3 is 2.81 bits per heavy atom. The molecular weight excluding hydrogens is 292 g/mol. The van der Waals surface area contributed by atoms with Crippen molar-refractivity contribution in [2.24, 2.45) is 5.92 Å². The second kappa shape index (κ2) is 6.24. The van der Waals surface area contributed by atoms with Crippen LogP contribution >= 0.6 is 11.6 Å². The molecule has 1 N–H and O–H groups in total. The number of carbonyl (C=O) groups is 1. The van der Waals surface area contributed by atoms with Crippen molar-refractivity contribution in [1.29, 1.82) is 0 Å². The van der Waals surface area contributed by atoms with Crippen LogP contribution in [0.5, 0.6) is 5.75 Å². The minimum absolute atomic E-state index is 0.136. The summed E-state index contributed by atoms with van der Waals surface area (Å²) in [7, 11) is 0. The first-order chi connectivity index (χ1) is 10.1. The predicted octanol–water partition coefficient (Wildman–Crippen LogP) is 3.43. The zero-order valence-corrected chi connectivity index (χ0v) is 12.6. The standard InChI is InChI=1S/C16H19ClO4/c17-13-7-11-5-6-20-15(11)12(8-13)9-21-14-3-1-10(2-4-14)16(18)19/h7-8,10,14H,1-6,9H2,(H,18,19). The van der Waals surface area contributed by atoms with Crippen molar-refractivity contribution in [3.8, 4) is 5.75 Å². The van der Waals surface area contributed by atoms with Crippen LogP contribution in [-0.2, 0) is 22.6 Å². The van der Waals surface area contributed by atoms with Crippen molar-refractivity contribution >= 4 is 17.6 Å². The number of fused-ring (bicyclic) bond motifs is 1. The Kier molecular flexibility index (Phi) is 4.36. The maximum absolute atomic E-state index is 10.9. The zero-order valence-electron chi connectivity index (χ0n) is 11.8. The van der Waals surface area contributed by atoms with E-state index in [9.17, 15) is 4.79 Å². The van der Waals surface area contributed by atoms with Crippen LogP contribution in [0.15, 0.2) is 12.1 Å². The summed E-state index contributed by atoms with van der Waals surface area (Å²) in [6.45, 7) is 1.18. The van der Waals surface area contributed by atoms with Crippen LogP contribution in [0.4, 0.5) is 0 Å². The zero-order chi connectivity index (χ0) is 14.8. The number of ether oxygens (including phenoxy) is 2. The highest BCUT2D eigenvalue weighted by molar-refractivity contribution is 6.30. The minimum atomic E-state index is -0.686. The highest BCUT2D eigenvalue weighted by Gasteiger charge is 2.27. The third-order valence-electron chi connectivity index (χ3n) is 4.32. The molecule has 0 saturated heterocycles. The third kappa shape index (κ3) is 3.33. The van der Waals surface area contributed by atoms with E-state index in [-0.39, 0.29) is 12.0 Å². The Bertz CT molecular complexity index is 535. The topological polar surface area (TPSA) is 55.8 Å². The molecule has 1 aromatic carbocycles. The van der Waals surface area contributed by atoms with Gasteiger partial charge in [-0.3, -0.25) is 4.79 Å². The molecule has 0 bridgehead atoms. The number of carboxylic acids is 1. The average Bonchev–Trinajstić information content (AvgIpc) is 2.93. The Morgan fingerprint density at radius 1 is 1.33 bits per heavy atom. The summed E-state index contributed by atoms with van der Waals surface area (Å²) in [5.41, 5.74) is 2.14. The summed E-state index contributed by atoms with van der Waals surface area (Å²) in [5.74, 6) is 0.0248. The van der Waals surface area contributed by atoms with Gasteiger partial charge in [0.25, 0.3) is 0 Å². The summed E-state index contributed by atoms with van der Waals surface area (Å²) in [6.07, 6.45) is 4.04. The molecule has 0 atom stereocenters. The lowest BCUT2D eigenvalue weighted by atomic mass is 9.87. The second-order valence-electron chi connectivity index (χ2n) is 5.77. The number of hydrogen-bond acceptors (Lipinski definition) is 3. The molecule has 0 unspecified atom stereocenters. The van der Waals surface area contributed by atoms with Gasteiger partial charge in [-0.2, -0.15) is 0 Å². The first-order valence-electron chi connectivity index (χ1n) is 7.42. The number of halogens is 1. The predicted molar refractivity (Wildman–Crippen MR) is 78.8 cm³/mol. The smallest absolute Gasteiger partial charge is 0.306 e. The van der Waals surface area contributed by atoms with Gasteiger partial charge >= 0.3 is 5.97 Å². The molecule has 21 heavy (non-hydrogen) atoms. The largest absolute Gasteiger partial charge is 0.493 e. The van der Waals surface area contributed by atoms with Crippen LogP contribution in [0.25, 0.3) is 0 Å². The first kappa shape index (κ1) is 14.7. The van der Waals surface area contributed by atoms with Crippen molar-refractivity contribution in [2.45, 2.75) is 44.8 Å². The molecule has 114 valence electrons.